The van der Waals surface area contributed by atoms with E-state index in [4.69, 9.17) is 0 Å². The molecule has 0 spiro atoms. The van der Waals surface area contributed by atoms with Gasteiger partial charge >= 0.3 is 29.6 Å². The van der Waals surface area contributed by atoms with Crippen LogP contribution in [0.25, 0.3) is 10.8 Å². The van der Waals surface area contributed by atoms with Gasteiger partial charge in [0.15, 0.2) is 5.75 Å². The zero-order valence-electron chi connectivity index (χ0n) is 15.1. The first-order chi connectivity index (χ1) is 12.8. The van der Waals surface area contributed by atoms with Crippen LogP contribution in [-0.2, 0) is 10.1 Å². The molecule has 0 amide bonds. The standard InChI is InChI=1S/C18H15N3O5S.Na/c1-11(22)19-12-5-7-13(8-6-12)20-21-16-10-9-14-15(18(16)23)3-2-4-17(14)27(24,25)26;/h2-10,23H,1H3,(H,19,22)(H,24,25,26);/q;+1/p-1. The molecule has 3 rings (SSSR count). The molecule has 0 aliphatic rings. The molecule has 0 heterocycles. The third-order valence-electron chi connectivity index (χ3n) is 3.66. The summed E-state index contributed by atoms with van der Waals surface area (Å²) in [6, 6.07) is 13.4. The summed E-state index contributed by atoms with van der Waals surface area (Å²) in [7, 11) is -4.43. The van der Waals surface area contributed by atoms with Gasteiger partial charge < -0.3 is 10.2 Å². The summed E-state index contributed by atoms with van der Waals surface area (Å²) in [4.78, 5) is 3.47. The van der Waals surface area contributed by atoms with Gasteiger partial charge in [-0.05, 0) is 49.2 Å². The minimum absolute atomic E-state index is 0. The first-order valence-electron chi connectivity index (χ1n) is 7.72. The van der Waals surface area contributed by atoms with Crippen molar-refractivity contribution in [2.75, 3.05) is 0 Å². The maximum atomic E-state index is 11.5. The Morgan fingerprint density at radius 3 is 2.18 bits per heavy atom. The van der Waals surface area contributed by atoms with Gasteiger partial charge in [0.2, 0.25) is 0 Å². The Kier molecular flexibility index (Phi) is 6.91. The van der Waals surface area contributed by atoms with Gasteiger partial charge in [-0.3, -0.25) is 9.55 Å². The second kappa shape index (κ2) is 8.80. The smallest absolute Gasteiger partial charge is 0.862 e. The van der Waals surface area contributed by atoms with Crippen LogP contribution in [0.5, 0.6) is 5.75 Å². The Morgan fingerprint density at radius 2 is 1.57 bits per heavy atom. The Balaban J connectivity index is 0.00000280. The summed E-state index contributed by atoms with van der Waals surface area (Å²) in [5, 5.41) is 29.7. The molecule has 0 aliphatic heterocycles. The molecule has 10 heteroatoms. The predicted molar refractivity (Wildman–Crippen MR) is 98.8 cm³/mol. The molecule has 28 heavy (non-hydrogen) atoms. The largest absolute Gasteiger partial charge is 1.00 e. The maximum absolute atomic E-state index is 11.5. The summed E-state index contributed by atoms with van der Waals surface area (Å²) in [5.74, 6) is -0.570. The van der Waals surface area contributed by atoms with Crippen LogP contribution < -0.4 is 34.7 Å². The molecular formula is C18H14N3NaO5S. The van der Waals surface area contributed by atoms with E-state index in [0.29, 0.717) is 11.4 Å². The van der Waals surface area contributed by atoms with E-state index in [-0.39, 0.29) is 62.6 Å². The first kappa shape index (κ1) is 22.0. The van der Waals surface area contributed by atoms with Crippen LogP contribution >= 0.6 is 0 Å². The molecule has 0 saturated carbocycles. The van der Waals surface area contributed by atoms with Crippen LogP contribution in [-0.4, -0.2) is 24.0 Å². The van der Waals surface area contributed by atoms with Crippen molar-refractivity contribution in [3.05, 3.63) is 54.6 Å². The van der Waals surface area contributed by atoms with Gasteiger partial charge in [-0.1, -0.05) is 18.2 Å². The van der Waals surface area contributed by atoms with Crippen LogP contribution in [0.2, 0.25) is 0 Å². The van der Waals surface area contributed by atoms with E-state index in [0.717, 1.165) is 0 Å². The van der Waals surface area contributed by atoms with Gasteiger partial charge in [-0.25, -0.2) is 0 Å². The number of hydrogen-bond donors (Lipinski definition) is 2. The topological polar surface area (TPSA) is 135 Å². The molecule has 0 saturated heterocycles. The zero-order chi connectivity index (χ0) is 19.6. The average molecular weight is 407 g/mol. The molecule has 0 fully saturated rings. The predicted octanol–water partition coefficient (Wildman–Crippen LogP) is 0.622. The summed E-state index contributed by atoms with van der Waals surface area (Å²) in [6.45, 7) is 1.35. The molecule has 3 aromatic rings. The minimum Gasteiger partial charge on any atom is -0.862 e. The number of hydrogen-bond acceptors (Lipinski definition) is 7. The van der Waals surface area contributed by atoms with E-state index in [1.165, 1.54) is 37.3 Å². The fourth-order valence-corrected chi connectivity index (χ4v) is 3.20. The van der Waals surface area contributed by atoms with E-state index < -0.39 is 10.1 Å². The van der Waals surface area contributed by atoms with Gasteiger partial charge in [0.25, 0.3) is 10.1 Å². The molecular weight excluding hydrogens is 393 g/mol. The maximum Gasteiger partial charge on any atom is 1.00 e. The van der Waals surface area contributed by atoms with Crippen molar-refractivity contribution in [3.63, 3.8) is 0 Å². The molecule has 138 valence electrons. The molecule has 0 radical (unpaired) electrons. The summed E-state index contributed by atoms with van der Waals surface area (Å²) in [5.41, 5.74) is 1.10. The molecule has 0 atom stereocenters. The van der Waals surface area contributed by atoms with Crippen LogP contribution in [0.1, 0.15) is 6.92 Å². The van der Waals surface area contributed by atoms with Gasteiger partial charge in [-0.15, -0.1) is 5.11 Å². The number of fused-ring (bicyclic) bond motifs is 1. The van der Waals surface area contributed by atoms with Gasteiger partial charge in [-0.2, -0.15) is 13.5 Å². The van der Waals surface area contributed by atoms with Crippen LogP contribution in [0.3, 0.4) is 0 Å². The van der Waals surface area contributed by atoms with Crippen LogP contribution in [0.15, 0.2) is 74.7 Å². The second-order valence-corrected chi connectivity index (χ2v) is 7.00. The normalized spacial score (nSPS) is 12.3. The van der Waals surface area contributed by atoms with E-state index >= 15 is 0 Å². The number of nitrogens with zero attached hydrogens (tertiary/aromatic N) is 3. The summed E-state index contributed by atoms with van der Waals surface area (Å²) >= 11 is 0. The van der Waals surface area contributed by atoms with Gasteiger partial charge in [0, 0.05) is 10.8 Å². The van der Waals surface area contributed by atoms with Crippen molar-refractivity contribution in [3.8, 4) is 5.75 Å². The van der Waals surface area contributed by atoms with E-state index in [1.807, 2.05) is 0 Å². The monoisotopic (exact) mass is 407 g/mol. The zero-order valence-corrected chi connectivity index (χ0v) is 17.9. The number of aromatic hydroxyl groups is 1. The molecule has 3 aromatic carbocycles. The Morgan fingerprint density at radius 1 is 0.929 bits per heavy atom. The second-order valence-electron chi connectivity index (χ2n) is 5.61. The molecule has 2 N–H and O–H groups in total. The van der Waals surface area contributed by atoms with Gasteiger partial charge in [0.1, 0.15) is 10.6 Å². The first-order valence-corrected chi connectivity index (χ1v) is 9.16. The third kappa shape index (κ3) is 4.94. The van der Waals surface area contributed by atoms with Crippen molar-refractivity contribution in [2.24, 2.45) is 15.2 Å². The number of aliphatic imine (C=N–C) groups is 1. The van der Waals surface area contributed by atoms with E-state index in [2.05, 4.69) is 15.2 Å². The number of phenolic OH excluding ortho intramolecular Hbond substituents is 1. The van der Waals surface area contributed by atoms with Crippen LogP contribution in [0.4, 0.5) is 17.1 Å². The fraction of sp³-hybridized carbons (Fsp3) is 0.0556. The molecule has 0 unspecified atom stereocenters. The summed E-state index contributed by atoms with van der Waals surface area (Å²) in [6.07, 6.45) is 0. The number of azo groups is 1. The quantitative estimate of drug-likeness (QED) is 0.215. The van der Waals surface area contributed by atoms with Gasteiger partial charge in [0.05, 0.1) is 11.4 Å². The molecule has 0 bridgehead atoms. The Hall–Kier alpha value is -2.30. The van der Waals surface area contributed by atoms with Crippen molar-refractivity contribution >= 4 is 43.9 Å². The van der Waals surface area contributed by atoms with Crippen LogP contribution in [0, 0.1) is 0 Å². The summed E-state index contributed by atoms with van der Waals surface area (Å²) < 4.78 is 32.2. The minimum atomic E-state index is -4.43. The average Bonchev–Trinajstić information content (AvgIpc) is 2.61. The van der Waals surface area contributed by atoms with E-state index in [1.54, 1.807) is 24.3 Å². The van der Waals surface area contributed by atoms with Crippen molar-refractivity contribution in [1.82, 2.24) is 0 Å². The van der Waals surface area contributed by atoms with Crippen molar-refractivity contribution < 1.29 is 52.7 Å². The molecule has 0 aliphatic carbocycles. The van der Waals surface area contributed by atoms with Crippen molar-refractivity contribution in [2.45, 2.75) is 11.8 Å². The Labute approximate surface area is 183 Å². The van der Waals surface area contributed by atoms with Crippen molar-refractivity contribution in [1.29, 1.82) is 0 Å². The number of benzene rings is 3. The Bertz CT molecular complexity index is 1170. The fourth-order valence-electron chi connectivity index (χ4n) is 2.49. The molecule has 8 nitrogen and oxygen atoms in total. The van der Waals surface area contributed by atoms with E-state index in [9.17, 15) is 23.2 Å². The number of rotatable bonds is 4. The number of phenols is 1. The molecule has 0 aromatic heterocycles. The SMILES string of the molecule is CC([O-])=Nc1ccc(N=Nc2ccc3c(S(=O)(=O)O)cccc3c2O)cc1.[Na+]. The third-order valence-corrected chi connectivity index (χ3v) is 4.57.